The van der Waals surface area contributed by atoms with Crippen molar-refractivity contribution in [1.29, 1.82) is 0 Å². The molecular weight excluding hydrogens is 550 g/mol. The van der Waals surface area contributed by atoms with Gasteiger partial charge in [0, 0.05) is 12.0 Å². The maximum absolute atomic E-state index is 14.7. The Hall–Kier alpha value is -4.61. The molecule has 220 valence electrons. The number of rotatable bonds is 1. The third-order valence-corrected chi connectivity index (χ3v) is 7.10. The predicted octanol–water partition coefficient (Wildman–Crippen LogP) is 4.53. The van der Waals surface area contributed by atoms with Crippen LogP contribution in [-0.4, -0.2) is 75.2 Å². The van der Waals surface area contributed by atoms with Gasteiger partial charge >= 0.3 is 12.1 Å². The van der Waals surface area contributed by atoms with E-state index in [4.69, 9.17) is 14.5 Å². The lowest BCUT2D eigenvalue weighted by molar-refractivity contribution is -0.150. The number of amides is 2. The monoisotopic (exact) mass is 580 g/mol. The van der Waals surface area contributed by atoms with Crippen molar-refractivity contribution in [1.82, 2.24) is 20.2 Å². The molecule has 0 radical (unpaired) electrons. The molecule has 0 unspecified atom stereocenters. The molecule has 4 bridgehead atoms. The molecule has 3 heterocycles. The number of aliphatic carboxylic acids is 1. The number of alkyl halides is 2. The number of hydrogen-bond donors (Lipinski definition) is 2. The minimum absolute atomic E-state index is 0.0503. The molecule has 1 fully saturated rings. The molecule has 42 heavy (non-hydrogen) atoms. The van der Waals surface area contributed by atoms with Crippen molar-refractivity contribution in [2.45, 2.75) is 51.3 Å². The van der Waals surface area contributed by atoms with Crippen LogP contribution < -0.4 is 10.1 Å². The average molecular weight is 581 g/mol. The number of alkyl carbamates (subject to hydrolysis) is 1. The van der Waals surface area contributed by atoms with Crippen LogP contribution in [0.15, 0.2) is 54.6 Å². The highest BCUT2D eigenvalue weighted by Gasteiger charge is 2.46. The first-order chi connectivity index (χ1) is 19.8. The van der Waals surface area contributed by atoms with Crippen LogP contribution in [0.1, 0.15) is 32.8 Å². The molecule has 0 aliphatic carbocycles. The van der Waals surface area contributed by atoms with Gasteiger partial charge in [0.1, 0.15) is 23.9 Å². The Morgan fingerprint density at radius 1 is 1.10 bits per heavy atom. The third kappa shape index (κ3) is 6.17. The van der Waals surface area contributed by atoms with E-state index in [0.29, 0.717) is 33.9 Å². The third-order valence-electron chi connectivity index (χ3n) is 7.10. The van der Waals surface area contributed by atoms with Crippen LogP contribution in [0, 0.1) is 5.41 Å². The summed E-state index contributed by atoms with van der Waals surface area (Å²) in [7, 11) is 0. The van der Waals surface area contributed by atoms with Crippen molar-refractivity contribution in [2.75, 3.05) is 13.2 Å². The normalized spacial score (nSPS) is 22.8. The molecule has 0 saturated carbocycles. The van der Waals surface area contributed by atoms with Crippen molar-refractivity contribution in [3.8, 4) is 17.1 Å². The number of fused-ring (bicyclic) bond motifs is 7. The lowest BCUT2D eigenvalue weighted by Gasteiger charge is -2.34. The standard InChI is InChI=1S/C30H30F2N4O6/c1-29(2,3)24-26(37)36-15-19(14-22(36)27(38)39)42-25-23(33-20-9-4-5-10-21(20)34-25)18-8-6-7-17(13-18)11-12-30(31,32)16-41-28(40)35-24/h4-13,19,22,24H,14-16H2,1-3H3,(H,35,40)(H,38,39)/t19-,22+,24-/m1/s1. The second kappa shape index (κ2) is 11.0. The smallest absolute Gasteiger partial charge is 0.408 e. The van der Waals surface area contributed by atoms with Gasteiger partial charge in [0.25, 0.3) is 5.92 Å². The van der Waals surface area contributed by atoms with Gasteiger partial charge in [0.05, 0.1) is 17.6 Å². The Morgan fingerprint density at radius 2 is 1.81 bits per heavy atom. The van der Waals surface area contributed by atoms with Crippen LogP contribution in [0.4, 0.5) is 13.6 Å². The van der Waals surface area contributed by atoms with Crippen LogP contribution >= 0.6 is 0 Å². The number of carboxylic acid groups (broad SMARTS) is 1. The number of ether oxygens (including phenoxy) is 2. The fraction of sp³-hybridized carbons (Fsp3) is 0.367. The Labute approximate surface area is 240 Å². The molecule has 0 spiro atoms. The van der Waals surface area contributed by atoms with E-state index >= 15 is 0 Å². The number of carbonyl (C=O) groups is 3. The van der Waals surface area contributed by atoms with Gasteiger partial charge in [0.15, 0.2) is 6.61 Å². The maximum Gasteiger partial charge on any atom is 0.408 e. The summed E-state index contributed by atoms with van der Waals surface area (Å²) in [6, 6.07) is 11.2. The quantitative estimate of drug-likeness (QED) is 0.429. The highest BCUT2D eigenvalue weighted by Crippen LogP contribution is 2.34. The molecule has 3 atom stereocenters. The van der Waals surface area contributed by atoms with E-state index in [9.17, 15) is 28.3 Å². The summed E-state index contributed by atoms with van der Waals surface area (Å²) in [5.41, 5.74) is 1.47. The Kier molecular flexibility index (Phi) is 7.56. The average Bonchev–Trinajstić information content (AvgIpc) is 3.36. The van der Waals surface area contributed by atoms with Crippen LogP contribution in [0.25, 0.3) is 28.4 Å². The first kappa shape index (κ1) is 28.9. The summed E-state index contributed by atoms with van der Waals surface area (Å²) in [5, 5.41) is 12.4. The van der Waals surface area contributed by atoms with Crippen molar-refractivity contribution >= 4 is 35.1 Å². The van der Waals surface area contributed by atoms with Gasteiger partial charge in [-0.15, -0.1) is 0 Å². The number of nitrogens with zero attached hydrogens (tertiary/aromatic N) is 3. The van der Waals surface area contributed by atoms with Gasteiger partial charge in [-0.3, -0.25) is 4.79 Å². The van der Waals surface area contributed by atoms with E-state index in [0.717, 1.165) is 4.90 Å². The Morgan fingerprint density at radius 3 is 2.50 bits per heavy atom. The van der Waals surface area contributed by atoms with E-state index in [-0.39, 0.29) is 18.8 Å². The van der Waals surface area contributed by atoms with E-state index in [1.54, 1.807) is 69.3 Å². The summed E-state index contributed by atoms with van der Waals surface area (Å²) in [4.78, 5) is 49.0. The number of hydrogen-bond acceptors (Lipinski definition) is 7. The molecule has 2 aromatic carbocycles. The summed E-state index contributed by atoms with van der Waals surface area (Å²) >= 11 is 0. The molecule has 2 aliphatic heterocycles. The van der Waals surface area contributed by atoms with Gasteiger partial charge < -0.3 is 24.8 Å². The lowest BCUT2D eigenvalue weighted by atomic mass is 9.85. The number of benzene rings is 2. The molecule has 1 aromatic heterocycles. The van der Waals surface area contributed by atoms with Gasteiger partial charge in [-0.1, -0.05) is 57.2 Å². The number of halogens is 2. The summed E-state index contributed by atoms with van der Waals surface area (Å²) in [6.45, 7) is 3.59. The molecule has 5 rings (SSSR count). The van der Waals surface area contributed by atoms with Crippen molar-refractivity contribution in [3.63, 3.8) is 0 Å². The fourth-order valence-electron chi connectivity index (χ4n) is 4.96. The molecule has 2 aliphatic rings. The van der Waals surface area contributed by atoms with E-state index in [1.165, 1.54) is 6.08 Å². The minimum atomic E-state index is -3.52. The molecule has 2 amide bonds. The van der Waals surface area contributed by atoms with Crippen LogP contribution in [0.5, 0.6) is 5.88 Å². The summed E-state index contributed by atoms with van der Waals surface area (Å²) < 4.78 is 40.4. The molecule has 3 aromatic rings. The van der Waals surface area contributed by atoms with Crippen LogP contribution in [0.3, 0.4) is 0 Å². The second-order valence-electron chi connectivity index (χ2n) is 11.4. The van der Waals surface area contributed by atoms with Crippen molar-refractivity contribution < 1.29 is 37.7 Å². The van der Waals surface area contributed by atoms with E-state index < -0.39 is 54.1 Å². The first-order valence-electron chi connectivity index (χ1n) is 13.4. The van der Waals surface area contributed by atoms with Crippen LogP contribution in [-0.2, 0) is 14.3 Å². The molecule has 12 heteroatoms. The Balaban J connectivity index is 1.63. The maximum atomic E-state index is 14.7. The number of carboxylic acids is 1. The molecule has 1 saturated heterocycles. The summed E-state index contributed by atoms with van der Waals surface area (Å²) in [5.74, 6) is -5.37. The largest absolute Gasteiger partial charge is 0.480 e. The van der Waals surface area contributed by atoms with Gasteiger partial charge in [-0.25, -0.2) is 19.6 Å². The van der Waals surface area contributed by atoms with E-state index in [2.05, 4.69) is 10.3 Å². The van der Waals surface area contributed by atoms with Crippen molar-refractivity contribution in [3.05, 3.63) is 60.2 Å². The second-order valence-corrected chi connectivity index (χ2v) is 11.4. The van der Waals surface area contributed by atoms with Gasteiger partial charge in [-0.05, 0) is 35.3 Å². The van der Waals surface area contributed by atoms with Gasteiger partial charge in [-0.2, -0.15) is 8.78 Å². The van der Waals surface area contributed by atoms with Crippen molar-refractivity contribution in [2.24, 2.45) is 5.41 Å². The highest BCUT2D eigenvalue weighted by atomic mass is 19.3. The number of carbonyl (C=O) groups excluding carboxylic acids is 2. The first-order valence-corrected chi connectivity index (χ1v) is 13.4. The number of para-hydroxylation sites is 2. The zero-order chi connectivity index (χ0) is 30.2. The zero-order valence-electron chi connectivity index (χ0n) is 23.2. The topological polar surface area (TPSA) is 131 Å². The Bertz CT molecular complexity index is 1570. The van der Waals surface area contributed by atoms with Crippen LogP contribution in [0.2, 0.25) is 0 Å². The highest BCUT2D eigenvalue weighted by molar-refractivity contribution is 5.90. The summed E-state index contributed by atoms with van der Waals surface area (Å²) in [6.07, 6.45) is -0.212. The van der Waals surface area contributed by atoms with E-state index in [1.807, 2.05) is 0 Å². The molecule has 10 nitrogen and oxygen atoms in total. The molecular formula is C30H30F2N4O6. The number of aromatic nitrogens is 2. The lowest BCUT2D eigenvalue weighted by Crippen LogP contribution is -2.57. The zero-order valence-corrected chi connectivity index (χ0v) is 23.2. The van der Waals surface area contributed by atoms with Gasteiger partial charge in [0.2, 0.25) is 11.8 Å². The minimum Gasteiger partial charge on any atom is -0.480 e. The molecule has 2 N–H and O–H groups in total. The predicted molar refractivity (Wildman–Crippen MR) is 149 cm³/mol. The number of nitrogens with one attached hydrogen (secondary N) is 1. The fourth-order valence-corrected chi connectivity index (χ4v) is 4.96. The number of cyclic esters (lactones) is 1. The SMILES string of the molecule is CC(C)(C)[C@@H]1NC(=O)OCC(F)(F)C=Cc2cccc(c2)-c2nc3ccccc3nc2O[C@@H]2C[C@@H](C(=O)O)N(C2)C1=O.